The second-order valence-corrected chi connectivity index (χ2v) is 4.87. The predicted molar refractivity (Wildman–Crippen MR) is 68.3 cm³/mol. The van der Waals surface area contributed by atoms with Gasteiger partial charge in [-0.05, 0) is 26.3 Å². The zero-order valence-electron chi connectivity index (χ0n) is 10.9. The number of aryl methyl sites for hydroxylation is 1. The Balaban J connectivity index is 2.59. The van der Waals surface area contributed by atoms with Crippen LogP contribution in [0, 0.1) is 17.0 Å². The Bertz CT molecular complexity index is 628. The summed E-state index contributed by atoms with van der Waals surface area (Å²) in [4.78, 5) is 14.7. The molecular weight excluding hydrogens is 248 g/mol. The van der Waals surface area contributed by atoms with E-state index in [1.165, 1.54) is 6.07 Å². The highest BCUT2D eigenvalue weighted by molar-refractivity contribution is 5.70. The van der Waals surface area contributed by atoms with E-state index < -0.39 is 10.5 Å². The van der Waals surface area contributed by atoms with E-state index in [0.717, 1.165) is 0 Å². The van der Waals surface area contributed by atoms with Gasteiger partial charge in [0.25, 0.3) is 11.6 Å². The lowest BCUT2D eigenvalue weighted by Gasteiger charge is -2.11. The van der Waals surface area contributed by atoms with Gasteiger partial charge in [-0.2, -0.15) is 4.98 Å². The summed E-state index contributed by atoms with van der Waals surface area (Å²) < 4.78 is 5.10. The summed E-state index contributed by atoms with van der Waals surface area (Å²) in [6, 6.07) is 4.76. The van der Waals surface area contributed by atoms with Crippen molar-refractivity contribution in [1.29, 1.82) is 0 Å². The van der Waals surface area contributed by atoms with Crippen LogP contribution in [0.15, 0.2) is 22.7 Å². The van der Waals surface area contributed by atoms with Crippen molar-refractivity contribution in [2.24, 2.45) is 5.73 Å². The Morgan fingerprint density at radius 3 is 2.63 bits per heavy atom. The van der Waals surface area contributed by atoms with E-state index in [4.69, 9.17) is 10.3 Å². The summed E-state index contributed by atoms with van der Waals surface area (Å²) in [7, 11) is 0. The monoisotopic (exact) mass is 262 g/mol. The molecule has 0 saturated heterocycles. The van der Waals surface area contributed by atoms with Crippen LogP contribution in [-0.2, 0) is 5.54 Å². The molecule has 0 aliphatic carbocycles. The van der Waals surface area contributed by atoms with Crippen molar-refractivity contribution >= 4 is 5.69 Å². The third-order valence-electron chi connectivity index (χ3n) is 2.66. The molecule has 0 amide bonds. The van der Waals surface area contributed by atoms with Crippen molar-refractivity contribution < 1.29 is 9.45 Å². The van der Waals surface area contributed by atoms with E-state index in [1.807, 2.05) is 0 Å². The number of benzene rings is 1. The van der Waals surface area contributed by atoms with Crippen LogP contribution in [0.1, 0.15) is 25.2 Å². The summed E-state index contributed by atoms with van der Waals surface area (Å²) in [6.45, 7) is 5.21. The average molecular weight is 262 g/mol. The maximum Gasteiger partial charge on any atom is 0.282 e. The molecule has 0 fully saturated rings. The number of rotatable bonds is 3. The van der Waals surface area contributed by atoms with Gasteiger partial charge in [0.15, 0.2) is 5.82 Å². The molecule has 0 radical (unpaired) electrons. The van der Waals surface area contributed by atoms with Gasteiger partial charge in [-0.1, -0.05) is 17.3 Å². The maximum absolute atomic E-state index is 11.0. The van der Waals surface area contributed by atoms with Gasteiger partial charge >= 0.3 is 0 Å². The fourth-order valence-corrected chi connectivity index (χ4v) is 1.67. The standard InChI is InChI=1S/C12H14N4O3/c1-7-5-4-6-8(16(17)18)9(7)10-14-11(15-19-10)12(2,3)13/h4-6H,13H2,1-3H3. The number of hydrogen-bond acceptors (Lipinski definition) is 6. The maximum atomic E-state index is 11.0. The van der Waals surface area contributed by atoms with Gasteiger partial charge in [0.2, 0.25) is 0 Å². The van der Waals surface area contributed by atoms with Gasteiger partial charge in [-0.15, -0.1) is 0 Å². The van der Waals surface area contributed by atoms with E-state index >= 15 is 0 Å². The minimum absolute atomic E-state index is 0.0648. The van der Waals surface area contributed by atoms with Crippen molar-refractivity contribution in [3.63, 3.8) is 0 Å². The Labute approximate surface area is 109 Å². The fourth-order valence-electron chi connectivity index (χ4n) is 1.67. The number of nitrogens with two attached hydrogens (primary N) is 1. The fraction of sp³-hybridized carbons (Fsp3) is 0.333. The first-order valence-corrected chi connectivity index (χ1v) is 5.68. The molecule has 0 unspecified atom stereocenters. The predicted octanol–water partition coefficient (Wildman–Crippen LogP) is 2.15. The van der Waals surface area contributed by atoms with Gasteiger partial charge in [-0.25, -0.2) is 0 Å². The first-order valence-electron chi connectivity index (χ1n) is 5.68. The van der Waals surface area contributed by atoms with E-state index in [2.05, 4.69) is 10.1 Å². The third-order valence-corrected chi connectivity index (χ3v) is 2.66. The van der Waals surface area contributed by atoms with Crippen LogP contribution in [0.5, 0.6) is 0 Å². The zero-order chi connectivity index (χ0) is 14.2. The van der Waals surface area contributed by atoms with Gasteiger partial charge in [0.1, 0.15) is 5.56 Å². The number of nitro benzene ring substituents is 1. The molecule has 2 rings (SSSR count). The summed E-state index contributed by atoms with van der Waals surface area (Å²) in [6.07, 6.45) is 0. The molecule has 1 heterocycles. The molecule has 0 aliphatic rings. The first-order chi connectivity index (χ1) is 8.80. The number of hydrogen-bond donors (Lipinski definition) is 1. The zero-order valence-corrected chi connectivity index (χ0v) is 10.9. The molecule has 1 aromatic carbocycles. The lowest BCUT2D eigenvalue weighted by atomic mass is 10.1. The van der Waals surface area contributed by atoms with Gasteiger partial charge in [-0.3, -0.25) is 10.1 Å². The molecule has 0 bridgehead atoms. The Kier molecular flexibility index (Phi) is 3.07. The van der Waals surface area contributed by atoms with Crippen LogP contribution in [0.25, 0.3) is 11.5 Å². The Hall–Kier alpha value is -2.28. The molecule has 0 atom stereocenters. The Morgan fingerprint density at radius 1 is 1.42 bits per heavy atom. The summed E-state index contributed by atoms with van der Waals surface area (Å²) in [5.41, 5.74) is 6.06. The van der Waals surface area contributed by atoms with Gasteiger partial charge < -0.3 is 10.3 Å². The lowest BCUT2D eigenvalue weighted by molar-refractivity contribution is -0.384. The van der Waals surface area contributed by atoms with Crippen molar-refractivity contribution in [3.05, 3.63) is 39.7 Å². The smallest absolute Gasteiger partial charge is 0.282 e. The highest BCUT2D eigenvalue weighted by atomic mass is 16.6. The van der Waals surface area contributed by atoms with Crippen molar-refractivity contribution in [2.75, 3.05) is 0 Å². The highest BCUT2D eigenvalue weighted by Gasteiger charge is 2.26. The van der Waals surface area contributed by atoms with E-state index in [9.17, 15) is 10.1 Å². The SMILES string of the molecule is Cc1cccc([N+](=O)[O-])c1-c1nc(C(C)(C)N)no1. The minimum Gasteiger partial charge on any atom is -0.334 e. The second kappa shape index (κ2) is 4.43. The molecule has 0 spiro atoms. The van der Waals surface area contributed by atoms with E-state index in [-0.39, 0.29) is 11.6 Å². The summed E-state index contributed by atoms with van der Waals surface area (Å²) >= 11 is 0. The molecule has 0 saturated carbocycles. The first kappa shape index (κ1) is 13.2. The summed E-state index contributed by atoms with van der Waals surface area (Å²) in [5, 5.41) is 14.8. The molecule has 0 aliphatic heterocycles. The molecule has 1 aromatic heterocycles. The topological polar surface area (TPSA) is 108 Å². The second-order valence-electron chi connectivity index (χ2n) is 4.87. The van der Waals surface area contributed by atoms with Crippen molar-refractivity contribution in [1.82, 2.24) is 10.1 Å². The van der Waals surface area contributed by atoms with Crippen LogP contribution in [0.2, 0.25) is 0 Å². The van der Waals surface area contributed by atoms with E-state index in [0.29, 0.717) is 17.0 Å². The van der Waals surface area contributed by atoms with Crippen LogP contribution in [0.3, 0.4) is 0 Å². The van der Waals surface area contributed by atoms with Crippen LogP contribution in [-0.4, -0.2) is 15.1 Å². The normalized spacial score (nSPS) is 11.6. The summed E-state index contributed by atoms with van der Waals surface area (Å²) in [5.74, 6) is 0.415. The van der Waals surface area contributed by atoms with Gasteiger partial charge in [0.05, 0.1) is 10.5 Å². The lowest BCUT2D eigenvalue weighted by Crippen LogP contribution is -2.30. The number of nitro groups is 1. The molecule has 2 N–H and O–H groups in total. The minimum atomic E-state index is -0.765. The molecule has 100 valence electrons. The van der Waals surface area contributed by atoms with Crippen molar-refractivity contribution in [3.8, 4) is 11.5 Å². The van der Waals surface area contributed by atoms with Gasteiger partial charge in [0, 0.05) is 6.07 Å². The largest absolute Gasteiger partial charge is 0.334 e. The molecule has 19 heavy (non-hydrogen) atoms. The van der Waals surface area contributed by atoms with Crippen LogP contribution < -0.4 is 5.73 Å². The molecular formula is C12H14N4O3. The molecule has 7 nitrogen and oxygen atoms in total. The average Bonchev–Trinajstić information content (AvgIpc) is 2.77. The number of aromatic nitrogens is 2. The number of nitrogens with zero attached hydrogens (tertiary/aromatic N) is 3. The molecule has 7 heteroatoms. The van der Waals surface area contributed by atoms with Crippen LogP contribution in [0.4, 0.5) is 5.69 Å². The van der Waals surface area contributed by atoms with E-state index in [1.54, 1.807) is 32.9 Å². The van der Waals surface area contributed by atoms with Crippen LogP contribution >= 0.6 is 0 Å². The Morgan fingerprint density at radius 2 is 2.11 bits per heavy atom. The quantitative estimate of drug-likeness (QED) is 0.670. The molecule has 2 aromatic rings. The third kappa shape index (κ3) is 2.45. The highest BCUT2D eigenvalue weighted by Crippen LogP contribution is 2.32. The van der Waals surface area contributed by atoms with Crippen molar-refractivity contribution in [2.45, 2.75) is 26.3 Å².